The van der Waals surface area contributed by atoms with Gasteiger partial charge in [0.25, 0.3) is 0 Å². The van der Waals surface area contributed by atoms with E-state index in [0.717, 1.165) is 12.8 Å². The summed E-state index contributed by atoms with van der Waals surface area (Å²) in [4.78, 5) is 2.59. The topological polar surface area (TPSA) is 53.1 Å². The van der Waals surface area contributed by atoms with Crippen molar-refractivity contribution in [2.45, 2.75) is 58.8 Å². The molecule has 0 aromatic heterocycles. The van der Waals surface area contributed by atoms with E-state index in [1.54, 1.807) is 0 Å². The lowest BCUT2D eigenvalue weighted by Crippen LogP contribution is -2.40. The highest BCUT2D eigenvalue weighted by molar-refractivity contribution is 5.76. The van der Waals surface area contributed by atoms with E-state index in [2.05, 4.69) is 18.7 Å². The number of hydrogen-bond acceptors (Lipinski definition) is 2. The molecule has 1 aliphatic heterocycles. The molecule has 1 fully saturated rings. The van der Waals surface area contributed by atoms with Gasteiger partial charge >= 0.3 is 0 Å². The monoisotopic (exact) mass is 239 g/mol. The minimum absolute atomic E-state index is 0.333. The average molecular weight is 239 g/mol. The molecule has 1 rings (SSSR count). The van der Waals surface area contributed by atoms with Crippen LogP contribution in [0.1, 0.15) is 58.8 Å². The highest BCUT2D eigenvalue weighted by Gasteiger charge is 2.30. The number of piperidine rings is 1. The van der Waals surface area contributed by atoms with Gasteiger partial charge < -0.3 is 10.6 Å². The number of hydrogen-bond donors (Lipinski definition) is 2. The molecule has 0 radical (unpaired) electrons. The Labute approximate surface area is 106 Å². The first-order valence-corrected chi connectivity index (χ1v) is 7.17. The Balaban J connectivity index is 2.16. The molecule has 0 aromatic carbocycles. The Bertz CT molecular complexity index is 224. The number of unbranched alkanes of at least 4 members (excludes halogenated alkanes) is 1. The number of nitrogens with two attached hydrogens (primary N) is 1. The molecule has 0 atom stereocenters. The number of nitrogens with zero attached hydrogens (tertiary/aromatic N) is 1. The third-order valence-electron chi connectivity index (χ3n) is 4.59. The molecule has 3 nitrogen and oxygen atoms in total. The summed E-state index contributed by atoms with van der Waals surface area (Å²) < 4.78 is 0. The molecule has 0 saturated carbocycles. The van der Waals surface area contributed by atoms with E-state index in [1.807, 2.05) is 0 Å². The predicted octanol–water partition coefficient (Wildman–Crippen LogP) is 2.99. The van der Waals surface area contributed by atoms with Crippen molar-refractivity contribution in [1.82, 2.24) is 4.90 Å². The van der Waals surface area contributed by atoms with Gasteiger partial charge in [-0.25, -0.2) is 0 Å². The van der Waals surface area contributed by atoms with Crippen LogP contribution in [0.5, 0.6) is 0 Å². The molecule has 17 heavy (non-hydrogen) atoms. The first-order chi connectivity index (χ1) is 8.12. The van der Waals surface area contributed by atoms with Gasteiger partial charge in [0.05, 0.1) is 5.84 Å². The molecular formula is C14H29N3. The molecule has 1 saturated heterocycles. The van der Waals surface area contributed by atoms with Crippen molar-refractivity contribution >= 4 is 5.84 Å². The summed E-state index contributed by atoms with van der Waals surface area (Å²) in [7, 11) is 0. The van der Waals surface area contributed by atoms with E-state index in [-0.39, 0.29) is 0 Å². The van der Waals surface area contributed by atoms with Gasteiger partial charge in [-0.2, -0.15) is 0 Å². The Kier molecular flexibility index (Phi) is 5.96. The summed E-state index contributed by atoms with van der Waals surface area (Å²) >= 11 is 0. The van der Waals surface area contributed by atoms with E-state index < -0.39 is 0 Å². The highest BCUT2D eigenvalue weighted by atomic mass is 15.1. The van der Waals surface area contributed by atoms with Crippen molar-refractivity contribution < 1.29 is 0 Å². The van der Waals surface area contributed by atoms with Crippen LogP contribution in [0.15, 0.2) is 0 Å². The minimum atomic E-state index is 0.333. The number of amidine groups is 1. The van der Waals surface area contributed by atoms with Crippen LogP contribution in [0.2, 0.25) is 0 Å². The molecular weight excluding hydrogens is 210 g/mol. The maximum Gasteiger partial charge on any atom is 0.0905 e. The van der Waals surface area contributed by atoms with Gasteiger partial charge in [0.1, 0.15) is 0 Å². The van der Waals surface area contributed by atoms with Gasteiger partial charge in [-0.15, -0.1) is 0 Å². The molecule has 3 N–H and O–H groups in total. The van der Waals surface area contributed by atoms with Gasteiger partial charge in [0.2, 0.25) is 0 Å². The molecule has 1 aliphatic rings. The fourth-order valence-electron chi connectivity index (χ4n) is 2.86. The van der Waals surface area contributed by atoms with Crippen LogP contribution in [-0.2, 0) is 0 Å². The third-order valence-corrected chi connectivity index (χ3v) is 4.59. The minimum Gasteiger partial charge on any atom is -0.388 e. The second kappa shape index (κ2) is 7.00. The molecule has 0 unspecified atom stereocenters. The largest absolute Gasteiger partial charge is 0.388 e. The summed E-state index contributed by atoms with van der Waals surface area (Å²) in [6.45, 7) is 8.40. The van der Waals surface area contributed by atoms with Gasteiger partial charge in [-0.1, -0.05) is 26.7 Å². The smallest absolute Gasteiger partial charge is 0.0905 e. The Morgan fingerprint density at radius 3 is 2.24 bits per heavy atom. The highest BCUT2D eigenvalue weighted by Crippen LogP contribution is 2.37. The fourth-order valence-corrected chi connectivity index (χ4v) is 2.86. The fraction of sp³-hybridized carbons (Fsp3) is 0.929. The SMILES string of the molecule is CCC1(CC)CCN(CCCCC(=N)N)CC1. The van der Waals surface area contributed by atoms with Crippen molar-refractivity contribution in [2.24, 2.45) is 11.1 Å². The lowest BCUT2D eigenvalue weighted by atomic mass is 9.74. The zero-order valence-electron chi connectivity index (χ0n) is 11.6. The lowest BCUT2D eigenvalue weighted by Gasteiger charge is -2.41. The van der Waals surface area contributed by atoms with E-state index in [4.69, 9.17) is 11.1 Å². The summed E-state index contributed by atoms with van der Waals surface area (Å²) in [5.74, 6) is 0.333. The van der Waals surface area contributed by atoms with Crippen LogP contribution in [0.25, 0.3) is 0 Å². The maximum absolute atomic E-state index is 7.18. The van der Waals surface area contributed by atoms with Crippen LogP contribution in [0, 0.1) is 10.8 Å². The standard InChI is InChI=1S/C14H29N3/c1-3-14(4-2)8-11-17(12-9-14)10-6-5-7-13(15)16/h3-12H2,1-2H3,(H3,15,16). The van der Waals surface area contributed by atoms with E-state index in [9.17, 15) is 0 Å². The van der Waals surface area contributed by atoms with Crippen LogP contribution in [0.3, 0.4) is 0 Å². The van der Waals surface area contributed by atoms with Crippen molar-refractivity contribution in [3.63, 3.8) is 0 Å². The second-order valence-corrected chi connectivity index (χ2v) is 5.53. The first kappa shape index (κ1) is 14.5. The van der Waals surface area contributed by atoms with Gasteiger partial charge in [-0.3, -0.25) is 5.41 Å². The first-order valence-electron chi connectivity index (χ1n) is 7.17. The Morgan fingerprint density at radius 2 is 1.76 bits per heavy atom. The Hall–Kier alpha value is -0.570. The van der Waals surface area contributed by atoms with Crippen molar-refractivity contribution in [1.29, 1.82) is 5.41 Å². The quantitative estimate of drug-likeness (QED) is 0.408. The summed E-state index contributed by atoms with van der Waals surface area (Å²) in [6, 6.07) is 0. The Morgan fingerprint density at radius 1 is 1.18 bits per heavy atom. The van der Waals surface area contributed by atoms with E-state index >= 15 is 0 Å². The number of nitrogens with one attached hydrogen (secondary N) is 1. The van der Waals surface area contributed by atoms with Crippen molar-refractivity contribution in [3.05, 3.63) is 0 Å². The number of rotatable bonds is 7. The van der Waals surface area contributed by atoms with Gasteiger partial charge in [0, 0.05) is 6.42 Å². The third kappa shape index (κ3) is 4.66. The summed E-state index contributed by atoms with van der Waals surface area (Å²) in [5.41, 5.74) is 5.99. The average Bonchev–Trinajstić information content (AvgIpc) is 2.35. The zero-order chi connectivity index (χ0) is 12.7. The second-order valence-electron chi connectivity index (χ2n) is 5.53. The van der Waals surface area contributed by atoms with Crippen molar-refractivity contribution in [2.75, 3.05) is 19.6 Å². The zero-order valence-corrected chi connectivity index (χ0v) is 11.6. The molecule has 0 amide bonds. The van der Waals surface area contributed by atoms with Crippen molar-refractivity contribution in [3.8, 4) is 0 Å². The van der Waals surface area contributed by atoms with Gasteiger partial charge in [-0.05, 0) is 50.7 Å². The van der Waals surface area contributed by atoms with E-state index in [0.29, 0.717) is 11.3 Å². The maximum atomic E-state index is 7.18. The molecule has 0 aliphatic carbocycles. The lowest BCUT2D eigenvalue weighted by molar-refractivity contribution is 0.0945. The molecule has 3 heteroatoms. The summed E-state index contributed by atoms with van der Waals surface area (Å²) in [6.07, 6.45) is 8.42. The van der Waals surface area contributed by atoms with Gasteiger partial charge in [0.15, 0.2) is 0 Å². The van der Waals surface area contributed by atoms with Crippen LogP contribution < -0.4 is 5.73 Å². The molecule has 0 bridgehead atoms. The summed E-state index contributed by atoms with van der Waals surface area (Å²) in [5, 5.41) is 7.18. The van der Waals surface area contributed by atoms with E-state index in [1.165, 1.54) is 51.7 Å². The predicted molar refractivity (Wildman–Crippen MR) is 74.5 cm³/mol. The van der Waals surface area contributed by atoms with Crippen LogP contribution in [-0.4, -0.2) is 30.4 Å². The van der Waals surface area contributed by atoms with Crippen LogP contribution >= 0.6 is 0 Å². The normalized spacial score (nSPS) is 20.4. The van der Waals surface area contributed by atoms with Crippen LogP contribution in [0.4, 0.5) is 0 Å². The molecule has 0 aromatic rings. The molecule has 1 heterocycles. The number of likely N-dealkylation sites (tertiary alicyclic amines) is 1. The molecule has 100 valence electrons. The molecule has 0 spiro atoms.